The molecule has 4 heteroatoms. The quantitative estimate of drug-likeness (QED) is 0.192. The van der Waals surface area contributed by atoms with Crippen LogP contribution >= 0.6 is 0 Å². The van der Waals surface area contributed by atoms with E-state index in [1.807, 2.05) is 0 Å². The third-order valence-electron chi connectivity index (χ3n) is 8.88. The lowest BCUT2D eigenvalue weighted by atomic mass is 9.60. The number of rotatable bonds is 12. The maximum Gasteiger partial charge on any atom is 0.103 e. The first-order valence-corrected chi connectivity index (χ1v) is 14.2. The maximum absolute atomic E-state index is 6.26. The van der Waals surface area contributed by atoms with Crippen LogP contribution in [0.15, 0.2) is 0 Å². The zero-order valence-electron chi connectivity index (χ0n) is 28.0. The molecule has 0 saturated carbocycles. The predicted octanol–water partition coefficient (Wildman–Crippen LogP) is 10.1. The molecule has 0 bridgehead atoms. The molecule has 0 rings (SSSR count). The Morgan fingerprint density at radius 1 is 0.528 bits per heavy atom. The lowest BCUT2D eigenvalue weighted by Crippen LogP contribution is -2.50. The summed E-state index contributed by atoms with van der Waals surface area (Å²) in [6.07, 6.45) is 1.77. The number of hydrogen-bond acceptors (Lipinski definition) is 4. The van der Waals surface area contributed by atoms with E-state index in [0.717, 1.165) is 12.8 Å². The molecular formula is C32H66O4. The van der Waals surface area contributed by atoms with Gasteiger partial charge in [-0.05, 0) is 65.1 Å². The minimum atomic E-state index is -0.394. The summed E-state index contributed by atoms with van der Waals surface area (Å²) in [5, 5.41) is 0. The fourth-order valence-corrected chi connectivity index (χ4v) is 4.60. The molecule has 0 radical (unpaired) electrons. The van der Waals surface area contributed by atoms with Gasteiger partial charge in [-0.25, -0.2) is 19.6 Å². The van der Waals surface area contributed by atoms with Gasteiger partial charge in [0.25, 0.3) is 0 Å². The molecule has 0 aromatic carbocycles. The molecule has 3 unspecified atom stereocenters. The van der Waals surface area contributed by atoms with Gasteiger partial charge in [0.05, 0.1) is 12.2 Å². The van der Waals surface area contributed by atoms with Crippen molar-refractivity contribution >= 4 is 0 Å². The first-order chi connectivity index (χ1) is 15.6. The minimum absolute atomic E-state index is 0.0223. The summed E-state index contributed by atoms with van der Waals surface area (Å²) >= 11 is 0. The van der Waals surface area contributed by atoms with Crippen LogP contribution in [0.1, 0.15) is 144 Å². The van der Waals surface area contributed by atoms with Crippen molar-refractivity contribution < 1.29 is 19.6 Å². The van der Waals surface area contributed by atoms with Crippen LogP contribution in [0.4, 0.5) is 0 Å². The van der Waals surface area contributed by atoms with E-state index < -0.39 is 5.60 Å². The molecule has 0 saturated heterocycles. The first-order valence-electron chi connectivity index (χ1n) is 14.2. The molecule has 36 heavy (non-hydrogen) atoms. The zero-order valence-corrected chi connectivity index (χ0v) is 28.0. The van der Waals surface area contributed by atoms with Gasteiger partial charge in [0.1, 0.15) is 12.2 Å². The summed E-state index contributed by atoms with van der Waals surface area (Å²) in [4.78, 5) is 24.4. The molecule has 0 aromatic heterocycles. The normalized spacial score (nSPS) is 17.8. The highest BCUT2D eigenvalue weighted by Crippen LogP contribution is 2.49. The van der Waals surface area contributed by atoms with Crippen molar-refractivity contribution in [3.05, 3.63) is 0 Å². The summed E-state index contributed by atoms with van der Waals surface area (Å²) in [6, 6.07) is 0. The standard InChI is InChI=1S/C32H66O4/c1-23(22-33-34-24(26(2,3)4)31(16,17)28(8,9)10)20-21-30(14,15)36-35-25(27(5,6)7)32(18,19)29(11,12)13/h23-25H,20-22H2,1-19H3. The second-order valence-corrected chi connectivity index (χ2v) is 17.4. The molecule has 0 aliphatic carbocycles. The monoisotopic (exact) mass is 514 g/mol. The Morgan fingerprint density at radius 2 is 0.889 bits per heavy atom. The van der Waals surface area contributed by atoms with E-state index in [2.05, 4.69) is 132 Å². The van der Waals surface area contributed by atoms with Crippen molar-refractivity contribution in [2.75, 3.05) is 6.61 Å². The lowest BCUT2D eigenvalue weighted by molar-refractivity contribution is -0.411. The van der Waals surface area contributed by atoms with E-state index in [-0.39, 0.29) is 44.7 Å². The fourth-order valence-electron chi connectivity index (χ4n) is 4.60. The molecule has 0 heterocycles. The molecule has 0 fully saturated rings. The Balaban J connectivity index is 5.05. The van der Waals surface area contributed by atoms with Gasteiger partial charge < -0.3 is 0 Å². The molecule has 0 spiro atoms. The van der Waals surface area contributed by atoms with E-state index in [0.29, 0.717) is 12.5 Å². The molecule has 0 N–H and O–H groups in total. The average Bonchev–Trinajstić information content (AvgIpc) is 2.59. The summed E-state index contributed by atoms with van der Waals surface area (Å²) in [6.45, 7) is 43.1. The summed E-state index contributed by atoms with van der Waals surface area (Å²) < 4.78 is 0. The molecule has 218 valence electrons. The Hall–Kier alpha value is -0.160. The predicted molar refractivity (Wildman–Crippen MR) is 155 cm³/mol. The fraction of sp³-hybridized carbons (Fsp3) is 1.00. The lowest BCUT2D eigenvalue weighted by Gasteiger charge is -2.49. The minimum Gasteiger partial charge on any atom is -0.236 e. The van der Waals surface area contributed by atoms with E-state index in [4.69, 9.17) is 19.6 Å². The zero-order chi connectivity index (χ0) is 29.2. The van der Waals surface area contributed by atoms with Crippen LogP contribution in [0.5, 0.6) is 0 Å². The Kier molecular flexibility index (Phi) is 11.9. The Morgan fingerprint density at radius 3 is 1.22 bits per heavy atom. The van der Waals surface area contributed by atoms with Crippen LogP contribution in [0.3, 0.4) is 0 Å². The SMILES string of the molecule is CC(CCC(C)(C)OOC(C(C)(C)C)C(C)(C)C(C)(C)C)COOC(C(C)(C)C)C(C)(C)C(C)(C)C. The summed E-state index contributed by atoms with van der Waals surface area (Å²) in [7, 11) is 0. The third kappa shape index (κ3) is 10.2. The van der Waals surface area contributed by atoms with Crippen molar-refractivity contribution in [3.63, 3.8) is 0 Å². The van der Waals surface area contributed by atoms with Gasteiger partial charge in [-0.1, -0.05) is 118 Å². The first kappa shape index (κ1) is 35.8. The van der Waals surface area contributed by atoms with Crippen molar-refractivity contribution in [2.24, 2.45) is 38.4 Å². The van der Waals surface area contributed by atoms with E-state index in [9.17, 15) is 0 Å². The number of hydrogen-bond donors (Lipinski definition) is 0. The second kappa shape index (κ2) is 11.9. The van der Waals surface area contributed by atoms with Crippen molar-refractivity contribution in [3.8, 4) is 0 Å². The van der Waals surface area contributed by atoms with Gasteiger partial charge in [0.15, 0.2) is 0 Å². The molecular weight excluding hydrogens is 448 g/mol. The van der Waals surface area contributed by atoms with Crippen molar-refractivity contribution in [1.82, 2.24) is 0 Å². The molecule has 0 aliphatic heterocycles. The van der Waals surface area contributed by atoms with E-state index in [1.54, 1.807) is 0 Å². The van der Waals surface area contributed by atoms with Crippen LogP contribution in [0.2, 0.25) is 0 Å². The smallest absolute Gasteiger partial charge is 0.103 e. The summed E-state index contributed by atoms with van der Waals surface area (Å²) in [5.74, 6) is 0.343. The Bertz CT molecular complexity index is 648. The molecule has 0 amide bonds. The molecule has 3 atom stereocenters. The van der Waals surface area contributed by atoms with E-state index >= 15 is 0 Å². The summed E-state index contributed by atoms with van der Waals surface area (Å²) in [5.41, 5.74) is -0.414. The Labute approximate surface area is 226 Å². The topological polar surface area (TPSA) is 36.9 Å². The van der Waals surface area contributed by atoms with Crippen LogP contribution in [0, 0.1) is 38.4 Å². The van der Waals surface area contributed by atoms with Crippen molar-refractivity contribution in [2.45, 2.75) is 162 Å². The van der Waals surface area contributed by atoms with Crippen LogP contribution in [-0.4, -0.2) is 24.4 Å². The van der Waals surface area contributed by atoms with Crippen LogP contribution < -0.4 is 0 Å². The molecule has 0 aromatic rings. The van der Waals surface area contributed by atoms with Gasteiger partial charge in [-0.15, -0.1) is 0 Å². The highest BCUT2D eigenvalue weighted by molar-refractivity contribution is 4.95. The van der Waals surface area contributed by atoms with Gasteiger partial charge in [0, 0.05) is 0 Å². The highest BCUT2D eigenvalue weighted by Gasteiger charge is 2.48. The molecule has 4 nitrogen and oxygen atoms in total. The van der Waals surface area contributed by atoms with Crippen molar-refractivity contribution in [1.29, 1.82) is 0 Å². The second-order valence-electron chi connectivity index (χ2n) is 17.4. The van der Waals surface area contributed by atoms with Gasteiger partial charge in [-0.3, -0.25) is 0 Å². The van der Waals surface area contributed by atoms with Crippen LogP contribution in [0.25, 0.3) is 0 Å². The average molecular weight is 515 g/mol. The third-order valence-corrected chi connectivity index (χ3v) is 8.88. The van der Waals surface area contributed by atoms with Gasteiger partial charge in [-0.2, -0.15) is 0 Å². The van der Waals surface area contributed by atoms with E-state index in [1.165, 1.54) is 0 Å². The largest absolute Gasteiger partial charge is 0.236 e. The highest BCUT2D eigenvalue weighted by atomic mass is 17.2. The molecule has 0 aliphatic rings. The van der Waals surface area contributed by atoms with Crippen LogP contribution in [-0.2, 0) is 19.6 Å². The van der Waals surface area contributed by atoms with Gasteiger partial charge in [0.2, 0.25) is 0 Å². The van der Waals surface area contributed by atoms with Gasteiger partial charge >= 0.3 is 0 Å². The maximum atomic E-state index is 6.26.